The number of hydrogen-bond acceptors (Lipinski definition) is 8. The number of rotatable bonds is 7. The van der Waals surface area contributed by atoms with Crippen molar-refractivity contribution in [1.82, 2.24) is 9.97 Å². The highest BCUT2D eigenvalue weighted by molar-refractivity contribution is 7.99. The number of aromatic nitrogens is 2. The van der Waals surface area contributed by atoms with Crippen LogP contribution in [0.3, 0.4) is 0 Å². The summed E-state index contributed by atoms with van der Waals surface area (Å²) in [7, 11) is -3.80. The van der Waals surface area contributed by atoms with Gasteiger partial charge in [0.05, 0.1) is 10.6 Å². The van der Waals surface area contributed by atoms with Gasteiger partial charge in [0.1, 0.15) is 0 Å². The quantitative estimate of drug-likeness (QED) is 0.391. The van der Waals surface area contributed by atoms with Crippen LogP contribution in [0.2, 0.25) is 0 Å². The zero-order valence-electron chi connectivity index (χ0n) is 14.6. The van der Waals surface area contributed by atoms with E-state index < -0.39 is 28.5 Å². The predicted octanol–water partition coefficient (Wildman–Crippen LogP) is 1.01. The lowest BCUT2D eigenvalue weighted by atomic mass is 10.3. The predicted molar refractivity (Wildman–Crippen MR) is 99.6 cm³/mol. The van der Waals surface area contributed by atoms with Gasteiger partial charge in [-0.05, 0) is 44.2 Å². The smallest absolute Gasteiger partial charge is 0.316 e. The van der Waals surface area contributed by atoms with Crippen LogP contribution in [-0.2, 0) is 24.3 Å². The summed E-state index contributed by atoms with van der Waals surface area (Å²) in [6.45, 7) is 3.19. The van der Waals surface area contributed by atoms with Crippen LogP contribution in [0.5, 0.6) is 0 Å². The van der Waals surface area contributed by atoms with Crippen molar-refractivity contribution < 1.29 is 22.7 Å². The Morgan fingerprint density at radius 1 is 1.15 bits per heavy atom. The molecule has 0 unspecified atom stereocenters. The third kappa shape index (κ3) is 6.96. The number of anilines is 1. The van der Waals surface area contributed by atoms with E-state index in [-0.39, 0.29) is 10.6 Å². The molecule has 1 aromatic carbocycles. The average Bonchev–Trinajstić information content (AvgIpc) is 2.57. The van der Waals surface area contributed by atoms with Crippen LogP contribution in [0, 0.1) is 13.8 Å². The van der Waals surface area contributed by atoms with Crippen molar-refractivity contribution in [2.75, 3.05) is 17.7 Å². The maximum absolute atomic E-state index is 11.8. The number of benzene rings is 1. The molecule has 9 nitrogen and oxygen atoms in total. The Kier molecular flexibility index (Phi) is 6.88. The number of thioether (sulfide) groups is 1. The van der Waals surface area contributed by atoms with Crippen LogP contribution in [-0.4, -0.2) is 42.6 Å². The summed E-state index contributed by atoms with van der Waals surface area (Å²) in [6.07, 6.45) is 0. The van der Waals surface area contributed by atoms with E-state index >= 15 is 0 Å². The van der Waals surface area contributed by atoms with Crippen molar-refractivity contribution >= 4 is 39.3 Å². The fraction of sp³-hybridized carbons (Fsp3) is 0.250. The SMILES string of the molecule is Cc1cc(C)nc(SCC(=O)OCC(=O)Nc2ccc(S(N)(=O)=O)cc2)n1. The Balaban J connectivity index is 1.78. The van der Waals surface area contributed by atoms with E-state index in [0.29, 0.717) is 10.8 Å². The first-order valence-corrected chi connectivity index (χ1v) is 10.2. The van der Waals surface area contributed by atoms with Gasteiger partial charge in [-0.25, -0.2) is 23.5 Å². The first kappa shape index (κ1) is 20.8. The van der Waals surface area contributed by atoms with Crippen molar-refractivity contribution in [2.24, 2.45) is 5.14 Å². The van der Waals surface area contributed by atoms with Gasteiger partial charge in [-0.3, -0.25) is 9.59 Å². The topological polar surface area (TPSA) is 141 Å². The minimum absolute atomic E-state index is 0.0285. The highest BCUT2D eigenvalue weighted by Gasteiger charge is 2.11. The van der Waals surface area contributed by atoms with Crippen LogP contribution in [0.4, 0.5) is 5.69 Å². The largest absolute Gasteiger partial charge is 0.455 e. The number of nitrogens with zero attached hydrogens (tertiary/aromatic N) is 2. The van der Waals surface area contributed by atoms with E-state index in [4.69, 9.17) is 9.88 Å². The summed E-state index contributed by atoms with van der Waals surface area (Å²) in [4.78, 5) is 31.9. The first-order chi connectivity index (χ1) is 12.6. The highest BCUT2D eigenvalue weighted by atomic mass is 32.2. The lowest BCUT2D eigenvalue weighted by Crippen LogP contribution is -2.21. The van der Waals surface area contributed by atoms with Crippen LogP contribution in [0.1, 0.15) is 11.4 Å². The van der Waals surface area contributed by atoms with Crippen molar-refractivity contribution in [3.8, 4) is 0 Å². The second-order valence-corrected chi connectivity index (χ2v) is 8.00. The molecule has 1 aromatic heterocycles. The molecule has 144 valence electrons. The minimum Gasteiger partial charge on any atom is -0.455 e. The minimum atomic E-state index is -3.80. The van der Waals surface area contributed by atoms with E-state index in [1.54, 1.807) is 0 Å². The number of carbonyl (C=O) groups is 2. The van der Waals surface area contributed by atoms with E-state index in [9.17, 15) is 18.0 Å². The second-order valence-electron chi connectivity index (χ2n) is 5.50. The van der Waals surface area contributed by atoms with Crippen molar-refractivity contribution in [2.45, 2.75) is 23.9 Å². The normalized spacial score (nSPS) is 11.1. The Morgan fingerprint density at radius 3 is 2.30 bits per heavy atom. The Morgan fingerprint density at radius 2 is 1.74 bits per heavy atom. The monoisotopic (exact) mass is 410 g/mol. The maximum Gasteiger partial charge on any atom is 0.316 e. The number of primary sulfonamides is 1. The fourth-order valence-electron chi connectivity index (χ4n) is 1.99. The zero-order chi connectivity index (χ0) is 20.0. The Labute approximate surface area is 160 Å². The molecule has 0 saturated heterocycles. The average molecular weight is 410 g/mol. The summed E-state index contributed by atoms with van der Waals surface area (Å²) >= 11 is 1.12. The number of amides is 1. The Bertz CT molecular complexity index is 926. The van der Waals surface area contributed by atoms with Crippen molar-refractivity contribution in [3.05, 3.63) is 41.7 Å². The lowest BCUT2D eigenvalue weighted by molar-refractivity contribution is -0.144. The number of aryl methyl sites for hydroxylation is 2. The van der Waals surface area contributed by atoms with Gasteiger partial charge in [0.25, 0.3) is 5.91 Å². The van der Waals surface area contributed by atoms with Gasteiger partial charge in [0.15, 0.2) is 11.8 Å². The van der Waals surface area contributed by atoms with Gasteiger partial charge in [-0.15, -0.1) is 0 Å². The number of nitrogens with two attached hydrogens (primary N) is 1. The summed E-state index contributed by atoms with van der Waals surface area (Å²) in [5.41, 5.74) is 1.94. The molecular formula is C16H18N4O5S2. The number of ether oxygens (including phenoxy) is 1. The molecular weight excluding hydrogens is 392 g/mol. The molecule has 0 aliphatic carbocycles. The van der Waals surface area contributed by atoms with Gasteiger partial charge in [-0.1, -0.05) is 11.8 Å². The Hall–Kier alpha value is -2.50. The molecule has 0 aliphatic heterocycles. The molecule has 11 heteroatoms. The molecule has 1 amide bonds. The second kappa shape index (κ2) is 8.93. The van der Waals surface area contributed by atoms with Gasteiger partial charge in [-0.2, -0.15) is 0 Å². The summed E-state index contributed by atoms with van der Waals surface area (Å²) < 4.78 is 27.2. The number of sulfonamides is 1. The molecule has 0 aliphatic rings. The van der Waals surface area contributed by atoms with E-state index in [2.05, 4.69) is 15.3 Å². The van der Waals surface area contributed by atoms with Crippen molar-refractivity contribution in [3.63, 3.8) is 0 Å². The van der Waals surface area contributed by atoms with Gasteiger partial charge >= 0.3 is 5.97 Å². The molecule has 1 heterocycles. The molecule has 0 saturated carbocycles. The number of carbonyl (C=O) groups excluding carboxylic acids is 2. The number of nitrogens with one attached hydrogen (secondary N) is 1. The summed E-state index contributed by atoms with van der Waals surface area (Å²) in [5, 5.41) is 7.94. The van der Waals surface area contributed by atoms with E-state index in [0.717, 1.165) is 23.1 Å². The van der Waals surface area contributed by atoms with Crippen molar-refractivity contribution in [1.29, 1.82) is 0 Å². The third-order valence-corrected chi connectivity index (χ3v) is 4.86. The standard InChI is InChI=1S/C16H18N4O5S2/c1-10-7-11(2)19-16(18-10)26-9-15(22)25-8-14(21)20-12-3-5-13(6-4-12)27(17,23)24/h3-7H,8-9H2,1-2H3,(H,20,21)(H2,17,23,24). The fourth-order valence-corrected chi connectivity index (χ4v) is 3.26. The van der Waals surface area contributed by atoms with Gasteiger partial charge in [0, 0.05) is 17.1 Å². The molecule has 0 fully saturated rings. The number of esters is 1. The van der Waals surface area contributed by atoms with E-state index in [1.165, 1.54) is 24.3 Å². The molecule has 3 N–H and O–H groups in total. The molecule has 0 atom stereocenters. The molecule has 27 heavy (non-hydrogen) atoms. The van der Waals surface area contributed by atoms with Crippen LogP contribution >= 0.6 is 11.8 Å². The number of hydrogen-bond donors (Lipinski definition) is 2. The zero-order valence-corrected chi connectivity index (χ0v) is 16.3. The first-order valence-electron chi connectivity index (χ1n) is 7.67. The van der Waals surface area contributed by atoms with Gasteiger partial charge < -0.3 is 10.1 Å². The highest BCUT2D eigenvalue weighted by Crippen LogP contribution is 2.15. The molecule has 0 bridgehead atoms. The van der Waals surface area contributed by atoms with Gasteiger partial charge in [0.2, 0.25) is 10.0 Å². The van der Waals surface area contributed by atoms with Crippen LogP contribution < -0.4 is 10.5 Å². The summed E-state index contributed by atoms with van der Waals surface area (Å²) in [5.74, 6) is -1.17. The van der Waals surface area contributed by atoms with Crippen LogP contribution in [0.25, 0.3) is 0 Å². The maximum atomic E-state index is 11.8. The molecule has 2 aromatic rings. The molecule has 0 spiro atoms. The third-order valence-electron chi connectivity index (χ3n) is 3.11. The van der Waals surface area contributed by atoms with E-state index in [1.807, 2.05) is 19.9 Å². The van der Waals surface area contributed by atoms with Crippen LogP contribution in [0.15, 0.2) is 40.4 Å². The summed E-state index contributed by atoms with van der Waals surface area (Å²) in [6, 6.07) is 7.11. The molecule has 0 radical (unpaired) electrons. The molecule has 2 rings (SSSR count). The lowest BCUT2D eigenvalue weighted by Gasteiger charge is -2.07.